The molecule has 0 aliphatic heterocycles. The molecule has 1 amide bonds. The molecule has 0 saturated heterocycles. The molecule has 160 valence electrons. The van der Waals surface area contributed by atoms with E-state index in [4.69, 9.17) is 9.15 Å². The molecule has 8 heteroatoms. The Morgan fingerprint density at radius 3 is 2.53 bits per heavy atom. The highest BCUT2D eigenvalue weighted by Crippen LogP contribution is 2.29. The Morgan fingerprint density at radius 2 is 1.87 bits per heavy atom. The number of furan rings is 1. The van der Waals surface area contributed by atoms with Crippen LogP contribution in [0, 0.1) is 22.0 Å². The summed E-state index contributed by atoms with van der Waals surface area (Å²) in [6.07, 6.45) is 2.21. The lowest BCUT2D eigenvalue weighted by Gasteiger charge is -2.35. The maximum absolute atomic E-state index is 12.5. The smallest absolute Gasteiger partial charge is 0.375 e. The van der Waals surface area contributed by atoms with Crippen LogP contribution in [0.3, 0.4) is 0 Å². The highest BCUT2D eigenvalue weighted by Gasteiger charge is 2.30. The Balaban J connectivity index is 1.59. The Morgan fingerprint density at radius 1 is 1.17 bits per heavy atom. The predicted molar refractivity (Wildman–Crippen MR) is 110 cm³/mol. The van der Waals surface area contributed by atoms with Gasteiger partial charge in [-0.15, -0.1) is 0 Å². The number of hydrogen-bond acceptors (Lipinski definition) is 6. The van der Waals surface area contributed by atoms with Gasteiger partial charge in [-0.1, -0.05) is 26.7 Å². The Bertz CT molecular complexity index is 920. The van der Waals surface area contributed by atoms with Crippen molar-refractivity contribution in [1.29, 1.82) is 0 Å². The Hall–Kier alpha value is -3.16. The minimum atomic E-state index is -0.949. The van der Waals surface area contributed by atoms with Crippen molar-refractivity contribution >= 4 is 17.6 Å². The molecule has 1 aromatic carbocycles. The zero-order valence-electron chi connectivity index (χ0n) is 17.3. The third-order valence-corrected chi connectivity index (χ3v) is 5.86. The number of ether oxygens (including phenoxy) is 1. The lowest BCUT2D eigenvalue weighted by Crippen LogP contribution is -2.47. The second kappa shape index (κ2) is 9.11. The normalized spacial score (nSPS) is 22.2. The van der Waals surface area contributed by atoms with E-state index in [0.29, 0.717) is 23.2 Å². The van der Waals surface area contributed by atoms with E-state index in [1.54, 1.807) is 6.07 Å². The summed E-state index contributed by atoms with van der Waals surface area (Å²) in [5.74, 6) is 0.191. The fraction of sp³-hybridized carbons (Fsp3) is 0.455. The maximum Gasteiger partial charge on any atom is 0.375 e. The van der Waals surface area contributed by atoms with E-state index in [1.165, 1.54) is 37.3 Å². The summed E-state index contributed by atoms with van der Waals surface area (Å²) in [7, 11) is 0. The van der Waals surface area contributed by atoms with Crippen LogP contribution >= 0.6 is 0 Å². The van der Waals surface area contributed by atoms with Gasteiger partial charge in [0.1, 0.15) is 5.76 Å². The second-order valence-electron chi connectivity index (χ2n) is 7.90. The first-order valence-electron chi connectivity index (χ1n) is 10.1. The van der Waals surface area contributed by atoms with Crippen LogP contribution in [0.1, 0.15) is 50.6 Å². The fourth-order valence-electron chi connectivity index (χ4n) is 3.71. The monoisotopic (exact) mass is 414 g/mol. The molecule has 1 N–H and O–H groups in total. The van der Waals surface area contributed by atoms with Gasteiger partial charge in [0.25, 0.3) is 11.6 Å². The predicted octanol–water partition coefficient (Wildman–Crippen LogP) is 4.34. The van der Waals surface area contributed by atoms with Gasteiger partial charge in [-0.25, -0.2) is 4.79 Å². The summed E-state index contributed by atoms with van der Waals surface area (Å²) in [6.45, 7) is 5.85. The molecule has 0 spiro atoms. The number of carbonyl (C=O) groups excluding carboxylic acids is 2. The average molecular weight is 414 g/mol. The molecule has 1 aliphatic carbocycles. The molecule has 0 unspecified atom stereocenters. The van der Waals surface area contributed by atoms with Crippen molar-refractivity contribution in [2.45, 2.75) is 52.2 Å². The number of nitrogens with one attached hydrogen (secondary N) is 1. The number of nitrogens with zero attached hydrogens (tertiary/aromatic N) is 1. The van der Waals surface area contributed by atoms with Crippen molar-refractivity contribution in [3.63, 3.8) is 0 Å². The molecule has 4 atom stereocenters. The molecule has 30 heavy (non-hydrogen) atoms. The van der Waals surface area contributed by atoms with Gasteiger partial charge in [-0.3, -0.25) is 14.9 Å². The zero-order valence-corrected chi connectivity index (χ0v) is 17.3. The lowest BCUT2D eigenvalue weighted by atomic mass is 9.78. The fourth-order valence-corrected chi connectivity index (χ4v) is 3.71. The maximum atomic E-state index is 12.5. The summed E-state index contributed by atoms with van der Waals surface area (Å²) in [5.41, 5.74) is 0.553. The van der Waals surface area contributed by atoms with Crippen molar-refractivity contribution < 1.29 is 23.7 Å². The molecular weight excluding hydrogens is 388 g/mol. The van der Waals surface area contributed by atoms with Gasteiger partial charge in [-0.2, -0.15) is 0 Å². The molecule has 3 rings (SSSR count). The highest BCUT2D eigenvalue weighted by molar-refractivity contribution is 5.90. The number of carbonyl (C=O) groups is 2. The number of hydrogen-bond donors (Lipinski definition) is 1. The third kappa shape index (κ3) is 4.87. The first-order valence-corrected chi connectivity index (χ1v) is 10.1. The quantitative estimate of drug-likeness (QED) is 0.427. The molecule has 1 saturated carbocycles. The van der Waals surface area contributed by atoms with Crippen molar-refractivity contribution in [1.82, 2.24) is 5.32 Å². The number of nitro benzene ring substituents is 1. The van der Waals surface area contributed by atoms with Gasteiger partial charge in [-0.05, 0) is 49.4 Å². The topological polar surface area (TPSA) is 112 Å². The van der Waals surface area contributed by atoms with Crippen molar-refractivity contribution in [3.05, 3.63) is 52.3 Å². The van der Waals surface area contributed by atoms with Crippen LogP contribution in [0.4, 0.5) is 5.69 Å². The number of nitro groups is 1. The number of rotatable bonds is 6. The van der Waals surface area contributed by atoms with Crippen LogP contribution in [0.5, 0.6) is 0 Å². The number of benzene rings is 1. The van der Waals surface area contributed by atoms with Crippen LogP contribution in [0.2, 0.25) is 0 Å². The molecular formula is C22H26N2O6. The van der Waals surface area contributed by atoms with Crippen LogP contribution in [-0.4, -0.2) is 28.9 Å². The highest BCUT2D eigenvalue weighted by atomic mass is 16.6. The lowest BCUT2D eigenvalue weighted by molar-refractivity contribution is -0.384. The SMILES string of the molecule is C[C@H]1[C@H](C)CCC[C@H]1NC(=O)[C@H](C)OC(=O)c1ccc(-c2ccc([N+](=O)[O-])cc2)o1. The number of amides is 1. The molecule has 8 nitrogen and oxygen atoms in total. The Labute approximate surface area is 174 Å². The van der Waals surface area contributed by atoms with Crippen LogP contribution in [-0.2, 0) is 9.53 Å². The van der Waals surface area contributed by atoms with Gasteiger partial charge >= 0.3 is 5.97 Å². The van der Waals surface area contributed by atoms with Gasteiger partial charge < -0.3 is 14.5 Å². The molecule has 1 heterocycles. The van der Waals surface area contributed by atoms with Gasteiger partial charge in [0, 0.05) is 23.7 Å². The van der Waals surface area contributed by atoms with Gasteiger partial charge in [0.05, 0.1) is 4.92 Å². The number of non-ortho nitro benzene ring substituents is 1. The van der Waals surface area contributed by atoms with Crippen LogP contribution < -0.4 is 5.32 Å². The van der Waals surface area contributed by atoms with E-state index in [0.717, 1.165) is 19.3 Å². The third-order valence-electron chi connectivity index (χ3n) is 5.86. The first-order chi connectivity index (χ1) is 14.3. The van der Waals surface area contributed by atoms with Crippen molar-refractivity contribution in [2.75, 3.05) is 0 Å². The molecule has 0 radical (unpaired) electrons. The number of esters is 1. The molecule has 2 aromatic rings. The van der Waals surface area contributed by atoms with Crippen molar-refractivity contribution in [2.24, 2.45) is 11.8 Å². The second-order valence-corrected chi connectivity index (χ2v) is 7.90. The van der Waals surface area contributed by atoms with E-state index in [1.807, 2.05) is 0 Å². The van der Waals surface area contributed by atoms with E-state index in [2.05, 4.69) is 19.2 Å². The summed E-state index contributed by atoms with van der Waals surface area (Å²) in [5, 5.41) is 13.7. The Kier molecular flexibility index (Phi) is 6.54. The molecule has 1 aromatic heterocycles. The van der Waals surface area contributed by atoms with Gasteiger partial charge in [0.15, 0.2) is 6.10 Å². The van der Waals surface area contributed by atoms with E-state index >= 15 is 0 Å². The van der Waals surface area contributed by atoms with Gasteiger partial charge in [0.2, 0.25) is 5.76 Å². The summed E-state index contributed by atoms with van der Waals surface area (Å²) in [6, 6.07) is 8.90. The van der Waals surface area contributed by atoms with E-state index in [-0.39, 0.29) is 23.4 Å². The van der Waals surface area contributed by atoms with Crippen LogP contribution in [0.25, 0.3) is 11.3 Å². The largest absolute Gasteiger partial charge is 0.449 e. The first kappa shape index (κ1) is 21.5. The minimum absolute atomic E-state index is 0.0357. The zero-order chi connectivity index (χ0) is 21.8. The minimum Gasteiger partial charge on any atom is -0.449 e. The summed E-state index contributed by atoms with van der Waals surface area (Å²) < 4.78 is 10.8. The summed E-state index contributed by atoms with van der Waals surface area (Å²) >= 11 is 0. The molecule has 0 bridgehead atoms. The van der Waals surface area contributed by atoms with Crippen LogP contribution in [0.15, 0.2) is 40.8 Å². The van der Waals surface area contributed by atoms with E-state index < -0.39 is 17.0 Å². The molecule has 1 fully saturated rings. The average Bonchev–Trinajstić information content (AvgIpc) is 3.22. The van der Waals surface area contributed by atoms with Crippen molar-refractivity contribution in [3.8, 4) is 11.3 Å². The standard InChI is InChI=1S/C22H26N2O6/c1-13-5-4-6-18(14(13)2)23-21(25)15(3)29-22(26)20-12-11-19(30-20)16-7-9-17(10-8-16)24(27)28/h7-15,18H,4-6H2,1-3H3,(H,23,25)/t13-,14+,15+,18-/m1/s1. The summed E-state index contributed by atoms with van der Waals surface area (Å²) in [4.78, 5) is 35.1. The van der Waals surface area contributed by atoms with E-state index in [9.17, 15) is 19.7 Å². The molecule has 1 aliphatic rings.